The summed E-state index contributed by atoms with van der Waals surface area (Å²) < 4.78 is 0. The minimum absolute atomic E-state index is 0.0693. The number of benzene rings is 4. The van der Waals surface area contributed by atoms with Gasteiger partial charge in [-0.25, -0.2) is 4.98 Å². The number of nitrogens with one attached hydrogen (secondary N) is 1. The average molecular weight is 431 g/mol. The van der Waals surface area contributed by atoms with Crippen LogP contribution in [0.3, 0.4) is 0 Å². The Bertz CT molecular complexity index is 1440. The molecule has 2 heterocycles. The maximum absolute atomic E-state index is 12.7. The Morgan fingerprint density at radius 3 is 2.00 bits per heavy atom. The number of amides is 1. The van der Waals surface area contributed by atoms with Gasteiger partial charge in [0.2, 0.25) is 0 Å². The second-order valence-electron chi connectivity index (χ2n) is 7.72. The lowest BCUT2D eigenvalue weighted by atomic mass is 10.0. The van der Waals surface area contributed by atoms with Crippen molar-refractivity contribution in [1.29, 1.82) is 0 Å². The van der Waals surface area contributed by atoms with Crippen molar-refractivity contribution in [3.05, 3.63) is 113 Å². The summed E-state index contributed by atoms with van der Waals surface area (Å²) in [5.74, 6) is -0.0693. The first kappa shape index (κ1) is 18.7. The molecule has 1 amide bonds. The van der Waals surface area contributed by atoms with E-state index in [1.165, 1.54) is 0 Å². The third kappa shape index (κ3) is 3.22. The van der Waals surface area contributed by atoms with Crippen LogP contribution in [-0.4, -0.2) is 10.9 Å². The number of hydrogen-bond acceptors (Lipinski definition) is 3. The molecule has 152 valence electrons. The number of carbonyl (C=O) groups excluding carboxylic acids is 1. The first-order valence-electron chi connectivity index (χ1n) is 10.4. The predicted molar refractivity (Wildman–Crippen MR) is 132 cm³/mol. The molecule has 4 aromatic carbocycles. The minimum atomic E-state index is -0.0693. The molecule has 0 spiro atoms. The van der Waals surface area contributed by atoms with E-state index < -0.39 is 0 Å². The summed E-state index contributed by atoms with van der Waals surface area (Å²) >= 11 is 1.64. The molecular formula is C28H18N2OS. The van der Waals surface area contributed by atoms with E-state index >= 15 is 0 Å². The molecule has 0 atom stereocenters. The molecule has 5 aromatic rings. The maximum atomic E-state index is 12.7. The third-order valence-corrected chi connectivity index (χ3v) is 6.72. The number of nitrogens with zero attached hydrogens (tertiary/aromatic N) is 1. The Morgan fingerprint density at radius 2 is 1.31 bits per heavy atom. The number of thiazole rings is 1. The van der Waals surface area contributed by atoms with E-state index in [4.69, 9.17) is 4.98 Å². The molecule has 0 saturated carbocycles. The van der Waals surface area contributed by atoms with Gasteiger partial charge in [-0.2, -0.15) is 0 Å². The van der Waals surface area contributed by atoms with Gasteiger partial charge in [-0.05, 0) is 34.5 Å². The highest BCUT2D eigenvalue weighted by Crippen LogP contribution is 2.38. The molecule has 1 aromatic heterocycles. The first-order valence-corrected chi connectivity index (χ1v) is 11.3. The van der Waals surface area contributed by atoms with Crippen molar-refractivity contribution in [2.75, 3.05) is 0 Å². The summed E-state index contributed by atoms with van der Waals surface area (Å²) in [7, 11) is 0. The molecule has 0 fully saturated rings. The van der Waals surface area contributed by atoms with Crippen molar-refractivity contribution in [2.45, 2.75) is 0 Å². The van der Waals surface area contributed by atoms with Gasteiger partial charge in [0.1, 0.15) is 5.01 Å². The van der Waals surface area contributed by atoms with Crippen molar-refractivity contribution in [3.63, 3.8) is 0 Å². The average Bonchev–Trinajstić information content (AvgIpc) is 3.40. The Kier molecular flexibility index (Phi) is 4.44. The highest BCUT2D eigenvalue weighted by molar-refractivity contribution is 7.16. The van der Waals surface area contributed by atoms with Crippen LogP contribution in [0.5, 0.6) is 0 Å². The zero-order valence-corrected chi connectivity index (χ0v) is 17.9. The van der Waals surface area contributed by atoms with Crippen LogP contribution >= 0.6 is 11.3 Å². The van der Waals surface area contributed by atoms with Crippen LogP contribution in [-0.2, 0) is 0 Å². The van der Waals surface area contributed by atoms with Crippen LogP contribution in [0.15, 0.2) is 97.1 Å². The standard InChI is InChI=1S/C28H18N2OS/c31-28-23-16-21-14-8-7-13-20(21)15-22(23)24(29-28)17-25-30-26(18-9-3-1-4-10-18)27(32-25)19-11-5-2-6-12-19/h1-17H,(H,29,31)/b24-17-. The number of hydrogen-bond donors (Lipinski definition) is 1. The predicted octanol–water partition coefficient (Wildman–Crippen LogP) is 6.87. The van der Waals surface area contributed by atoms with Gasteiger partial charge in [-0.1, -0.05) is 84.9 Å². The topological polar surface area (TPSA) is 42.0 Å². The van der Waals surface area contributed by atoms with Crippen molar-refractivity contribution in [3.8, 4) is 21.7 Å². The SMILES string of the molecule is O=C1N/C(=C\c2nc(-c3ccccc3)c(-c3ccccc3)s2)c2cc3ccccc3cc21. The highest BCUT2D eigenvalue weighted by atomic mass is 32.1. The summed E-state index contributed by atoms with van der Waals surface area (Å²) in [5.41, 5.74) is 5.59. The fraction of sp³-hybridized carbons (Fsp3) is 0. The van der Waals surface area contributed by atoms with E-state index in [-0.39, 0.29) is 5.91 Å². The largest absolute Gasteiger partial charge is 0.321 e. The van der Waals surface area contributed by atoms with Crippen LogP contribution in [0.2, 0.25) is 0 Å². The zero-order valence-electron chi connectivity index (χ0n) is 17.1. The maximum Gasteiger partial charge on any atom is 0.256 e. The molecule has 32 heavy (non-hydrogen) atoms. The van der Waals surface area contributed by atoms with Gasteiger partial charge in [0.15, 0.2) is 0 Å². The van der Waals surface area contributed by atoms with Gasteiger partial charge < -0.3 is 5.32 Å². The van der Waals surface area contributed by atoms with E-state index in [1.807, 2.05) is 66.7 Å². The number of fused-ring (bicyclic) bond motifs is 2. The first-order chi connectivity index (χ1) is 15.8. The highest BCUT2D eigenvalue weighted by Gasteiger charge is 2.25. The van der Waals surface area contributed by atoms with E-state index in [0.29, 0.717) is 5.56 Å². The molecule has 1 aliphatic rings. The minimum Gasteiger partial charge on any atom is -0.321 e. The molecular weight excluding hydrogens is 412 g/mol. The van der Waals surface area contributed by atoms with Crippen molar-refractivity contribution in [2.24, 2.45) is 0 Å². The quantitative estimate of drug-likeness (QED) is 0.339. The Balaban J connectivity index is 1.50. The van der Waals surface area contributed by atoms with Gasteiger partial charge in [-0.3, -0.25) is 4.79 Å². The van der Waals surface area contributed by atoms with Gasteiger partial charge in [-0.15, -0.1) is 11.3 Å². The van der Waals surface area contributed by atoms with E-state index in [0.717, 1.165) is 48.7 Å². The third-order valence-electron chi connectivity index (χ3n) is 5.66. The second-order valence-corrected chi connectivity index (χ2v) is 8.75. The summed E-state index contributed by atoms with van der Waals surface area (Å²) in [6.07, 6.45) is 1.99. The summed E-state index contributed by atoms with van der Waals surface area (Å²) in [4.78, 5) is 18.7. The van der Waals surface area contributed by atoms with Crippen LogP contribution in [0, 0.1) is 0 Å². The Labute approximate surface area is 189 Å². The lowest BCUT2D eigenvalue weighted by molar-refractivity contribution is 0.0981. The lowest BCUT2D eigenvalue weighted by Crippen LogP contribution is -2.11. The van der Waals surface area contributed by atoms with Crippen LogP contribution < -0.4 is 5.32 Å². The summed E-state index contributed by atoms with van der Waals surface area (Å²) in [5, 5.41) is 6.08. The molecule has 1 aliphatic heterocycles. The van der Waals surface area contributed by atoms with Crippen molar-refractivity contribution < 1.29 is 4.79 Å². The fourth-order valence-electron chi connectivity index (χ4n) is 4.12. The molecule has 0 bridgehead atoms. The van der Waals surface area contributed by atoms with Crippen LogP contribution in [0.1, 0.15) is 20.9 Å². The number of aromatic nitrogens is 1. The van der Waals surface area contributed by atoms with E-state index in [9.17, 15) is 4.79 Å². The Hall–Kier alpha value is -4.02. The summed E-state index contributed by atoms with van der Waals surface area (Å²) in [6, 6.07) is 32.7. The molecule has 0 saturated heterocycles. The zero-order chi connectivity index (χ0) is 21.5. The van der Waals surface area contributed by atoms with E-state index in [1.54, 1.807) is 11.3 Å². The molecule has 0 unspecified atom stereocenters. The van der Waals surface area contributed by atoms with Crippen molar-refractivity contribution in [1.82, 2.24) is 10.3 Å². The normalized spacial score (nSPS) is 14.0. The van der Waals surface area contributed by atoms with Crippen molar-refractivity contribution >= 4 is 39.8 Å². The lowest BCUT2D eigenvalue weighted by Gasteiger charge is -2.02. The van der Waals surface area contributed by atoms with Gasteiger partial charge in [0, 0.05) is 16.7 Å². The van der Waals surface area contributed by atoms with Crippen LogP contribution in [0.25, 0.3) is 44.2 Å². The monoisotopic (exact) mass is 430 g/mol. The Morgan fingerprint density at radius 1 is 0.719 bits per heavy atom. The number of rotatable bonds is 3. The molecule has 6 rings (SSSR count). The molecule has 0 radical (unpaired) electrons. The smallest absolute Gasteiger partial charge is 0.256 e. The van der Waals surface area contributed by atoms with Gasteiger partial charge >= 0.3 is 0 Å². The number of carbonyl (C=O) groups is 1. The van der Waals surface area contributed by atoms with E-state index in [2.05, 4.69) is 41.7 Å². The summed E-state index contributed by atoms with van der Waals surface area (Å²) in [6.45, 7) is 0. The second kappa shape index (κ2) is 7.59. The van der Waals surface area contributed by atoms with Gasteiger partial charge in [0.25, 0.3) is 5.91 Å². The fourth-order valence-corrected chi connectivity index (χ4v) is 5.16. The molecule has 4 heteroatoms. The van der Waals surface area contributed by atoms with Gasteiger partial charge in [0.05, 0.1) is 16.3 Å². The molecule has 3 nitrogen and oxygen atoms in total. The van der Waals surface area contributed by atoms with Crippen LogP contribution in [0.4, 0.5) is 0 Å². The molecule has 0 aliphatic carbocycles. The molecule has 1 N–H and O–H groups in total.